The second-order valence-corrected chi connectivity index (χ2v) is 7.14. The van der Waals surface area contributed by atoms with Crippen LogP contribution < -0.4 is 10.9 Å². The van der Waals surface area contributed by atoms with Crippen molar-refractivity contribution in [2.75, 3.05) is 5.32 Å². The molecule has 1 aromatic carbocycles. The number of fused-ring (bicyclic) bond motifs is 1. The van der Waals surface area contributed by atoms with E-state index >= 15 is 0 Å². The van der Waals surface area contributed by atoms with Crippen LogP contribution >= 0.6 is 11.6 Å². The average Bonchev–Trinajstić information content (AvgIpc) is 2.64. The second kappa shape index (κ2) is 7.60. The Balaban J connectivity index is 2.20. The summed E-state index contributed by atoms with van der Waals surface area (Å²) >= 11 is 5.75. The monoisotopic (exact) mass is 440 g/mol. The maximum absolute atomic E-state index is 13.4. The number of hydrogen-bond acceptors (Lipinski definition) is 5. The number of aromatic nitrogens is 3. The Morgan fingerprint density at radius 1 is 1.27 bits per heavy atom. The molecule has 3 rings (SSSR count). The van der Waals surface area contributed by atoms with Crippen LogP contribution in [0.25, 0.3) is 10.9 Å². The van der Waals surface area contributed by atoms with Crippen molar-refractivity contribution in [3.05, 3.63) is 62.4 Å². The minimum absolute atomic E-state index is 0.0217. The molecule has 0 fully saturated rings. The fraction of sp³-hybridized carbons (Fsp3) is 0.263. The number of carboxylic acids is 1. The largest absolute Gasteiger partial charge is 0.476 e. The third kappa shape index (κ3) is 3.95. The molecule has 3 aromatic rings. The van der Waals surface area contributed by atoms with Gasteiger partial charge < -0.3 is 10.4 Å². The van der Waals surface area contributed by atoms with Gasteiger partial charge in [0.15, 0.2) is 5.69 Å². The predicted octanol–water partition coefficient (Wildman–Crippen LogP) is 4.18. The van der Waals surface area contributed by atoms with E-state index < -0.39 is 29.6 Å². The molecule has 0 aliphatic carbocycles. The van der Waals surface area contributed by atoms with Gasteiger partial charge in [0, 0.05) is 12.6 Å². The summed E-state index contributed by atoms with van der Waals surface area (Å²) in [4.78, 5) is 31.5. The summed E-state index contributed by atoms with van der Waals surface area (Å²) < 4.78 is 40.6. The highest BCUT2D eigenvalue weighted by Crippen LogP contribution is 2.31. The predicted molar refractivity (Wildman–Crippen MR) is 105 cm³/mol. The first-order valence-electron chi connectivity index (χ1n) is 8.65. The van der Waals surface area contributed by atoms with Crippen LogP contribution in [-0.4, -0.2) is 25.6 Å². The van der Waals surface area contributed by atoms with Crippen molar-refractivity contribution in [3.63, 3.8) is 0 Å². The van der Waals surface area contributed by atoms with E-state index in [1.54, 1.807) is 19.9 Å². The van der Waals surface area contributed by atoms with Gasteiger partial charge in [-0.2, -0.15) is 13.2 Å². The molecule has 2 heterocycles. The Labute approximate surface area is 173 Å². The highest BCUT2D eigenvalue weighted by molar-refractivity contribution is 6.29. The van der Waals surface area contributed by atoms with Gasteiger partial charge in [-0.05, 0) is 37.6 Å². The van der Waals surface area contributed by atoms with Crippen LogP contribution in [0.5, 0.6) is 0 Å². The van der Waals surface area contributed by atoms with Crippen molar-refractivity contribution in [3.8, 4) is 0 Å². The average molecular weight is 441 g/mol. The van der Waals surface area contributed by atoms with E-state index in [-0.39, 0.29) is 27.4 Å². The van der Waals surface area contributed by atoms with E-state index in [0.29, 0.717) is 15.7 Å². The van der Waals surface area contributed by atoms with Crippen LogP contribution in [0, 0.1) is 6.92 Å². The molecule has 2 N–H and O–H groups in total. The van der Waals surface area contributed by atoms with Crippen molar-refractivity contribution in [2.45, 2.75) is 26.1 Å². The maximum Gasteiger partial charge on any atom is 0.449 e. The Morgan fingerprint density at radius 3 is 2.53 bits per heavy atom. The number of anilines is 1. The van der Waals surface area contributed by atoms with Crippen LogP contribution in [0.3, 0.4) is 0 Å². The number of halogens is 4. The number of hydrogen-bond donors (Lipinski definition) is 2. The number of benzene rings is 1. The van der Waals surface area contributed by atoms with Gasteiger partial charge in [-0.3, -0.25) is 9.36 Å². The van der Waals surface area contributed by atoms with E-state index in [1.807, 2.05) is 0 Å². The van der Waals surface area contributed by atoms with Crippen molar-refractivity contribution in [2.24, 2.45) is 7.05 Å². The van der Waals surface area contributed by atoms with Gasteiger partial charge in [-0.15, -0.1) is 0 Å². The highest BCUT2D eigenvalue weighted by Gasteiger charge is 2.37. The summed E-state index contributed by atoms with van der Waals surface area (Å²) in [6.45, 7) is 3.31. The van der Waals surface area contributed by atoms with Crippen molar-refractivity contribution < 1.29 is 23.1 Å². The topological polar surface area (TPSA) is 97.1 Å². The van der Waals surface area contributed by atoms with Crippen LogP contribution in [0.1, 0.15) is 40.4 Å². The van der Waals surface area contributed by atoms with Crippen LogP contribution in [0.15, 0.2) is 29.1 Å². The number of nitrogens with one attached hydrogen (secondary N) is 1. The number of carboxylic acid groups (broad SMARTS) is 1. The molecule has 0 amide bonds. The Hall–Kier alpha value is -3.14. The lowest BCUT2D eigenvalue weighted by Gasteiger charge is -2.20. The van der Waals surface area contributed by atoms with Gasteiger partial charge in [-0.1, -0.05) is 17.7 Å². The second-order valence-electron chi connectivity index (χ2n) is 6.75. The number of alkyl halides is 3. The quantitative estimate of drug-likeness (QED) is 0.591. The number of nitrogens with zero attached hydrogens (tertiary/aromatic N) is 3. The Kier molecular flexibility index (Phi) is 5.46. The maximum atomic E-state index is 13.4. The van der Waals surface area contributed by atoms with Crippen LogP contribution in [0.2, 0.25) is 5.15 Å². The van der Waals surface area contributed by atoms with Crippen LogP contribution in [0.4, 0.5) is 18.9 Å². The molecule has 11 heteroatoms. The fourth-order valence-electron chi connectivity index (χ4n) is 3.16. The SMILES string of the molecule is Cc1cc([C@@H](C)Nc2ccc(Cl)nc2C(=O)O)c2nc(C(F)(F)F)n(C)c(=O)c2c1. The minimum Gasteiger partial charge on any atom is -0.476 e. The van der Waals surface area contributed by atoms with Gasteiger partial charge in [0.25, 0.3) is 5.56 Å². The number of aryl methyl sites for hydroxylation is 1. The molecule has 1 atom stereocenters. The third-order valence-electron chi connectivity index (χ3n) is 4.51. The molecule has 0 bridgehead atoms. The molecule has 7 nitrogen and oxygen atoms in total. The summed E-state index contributed by atoms with van der Waals surface area (Å²) in [5, 5.41) is 12.3. The lowest BCUT2D eigenvalue weighted by molar-refractivity contribution is -0.147. The van der Waals surface area contributed by atoms with E-state index in [1.165, 1.54) is 18.2 Å². The zero-order valence-corrected chi connectivity index (χ0v) is 16.8. The summed E-state index contributed by atoms with van der Waals surface area (Å²) in [5.41, 5.74) is -0.226. The number of pyridine rings is 1. The highest BCUT2D eigenvalue weighted by atomic mass is 35.5. The van der Waals surface area contributed by atoms with E-state index in [4.69, 9.17) is 11.6 Å². The van der Waals surface area contributed by atoms with Crippen molar-refractivity contribution in [1.82, 2.24) is 14.5 Å². The summed E-state index contributed by atoms with van der Waals surface area (Å²) in [5.74, 6) is -2.65. The third-order valence-corrected chi connectivity index (χ3v) is 4.72. The van der Waals surface area contributed by atoms with Gasteiger partial charge in [0.05, 0.1) is 22.6 Å². The zero-order valence-electron chi connectivity index (χ0n) is 16.0. The fourth-order valence-corrected chi connectivity index (χ4v) is 3.31. The first kappa shape index (κ1) is 21.6. The van der Waals surface area contributed by atoms with Gasteiger partial charge >= 0.3 is 12.1 Å². The summed E-state index contributed by atoms with van der Waals surface area (Å²) in [6, 6.07) is 5.15. The molecule has 0 radical (unpaired) electrons. The first-order chi connectivity index (χ1) is 13.9. The van der Waals surface area contributed by atoms with Crippen LogP contribution in [-0.2, 0) is 13.2 Å². The molecule has 30 heavy (non-hydrogen) atoms. The molecule has 0 saturated heterocycles. The molecule has 0 saturated carbocycles. The molecule has 2 aromatic heterocycles. The lowest BCUT2D eigenvalue weighted by Crippen LogP contribution is -2.28. The molecule has 0 aliphatic heterocycles. The summed E-state index contributed by atoms with van der Waals surface area (Å²) in [6.07, 6.45) is -4.82. The van der Waals surface area contributed by atoms with E-state index in [9.17, 15) is 27.9 Å². The zero-order chi connectivity index (χ0) is 22.4. The standard InChI is InChI=1S/C19H16ClF3N4O3/c1-8-6-10(9(2)24-12-4-5-13(20)25-15(12)17(29)30)14-11(7-8)16(28)27(3)18(26-14)19(21,22)23/h4-7,9,24H,1-3H3,(H,29,30)/t9-/m1/s1. The van der Waals surface area contributed by atoms with Gasteiger partial charge in [0.1, 0.15) is 5.15 Å². The summed E-state index contributed by atoms with van der Waals surface area (Å²) in [7, 11) is 1.01. The van der Waals surface area contributed by atoms with Crippen molar-refractivity contribution >= 4 is 34.2 Å². The molecule has 158 valence electrons. The number of rotatable bonds is 4. The number of aromatic carboxylic acids is 1. The normalized spacial score (nSPS) is 12.8. The molecular weight excluding hydrogens is 425 g/mol. The Bertz CT molecular complexity index is 1220. The van der Waals surface area contributed by atoms with E-state index in [0.717, 1.165) is 7.05 Å². The van der Waals surface area contributed by atoms with Gasteiger partial charge in [-0.25, -0.2) is 14.8 Å². The Morgan fingerprint density at radius 2 is 1.93 bits per heavy atom. The molecular formula is C19H16ClF3N4O3. The number of carbonyl (C=O) groups is 1. The molecule has 0 unspecified atom stereocenters. The molecule has 0 spiro atoms. The smallest absolute Gasteiger partial charge is 0.449 e. The first-order valence-corrected chi connectivity index (χ1v) is 9.02. The van der Waals surface area contributed by atoms with Gasteiger partial charge in [0.2, 0.25) is 5.82 Å². The van der Waals surface area contributed by atoms with Crippen molar-refractivity contribution in [1.29, 1.82) is 0 Å². The van der Waals surface area contributed by atoms with E-state index in [2.05, 4.69) is 15.3 Å². The molecule has 0 aliphatic rings. The minimum atomic E-state index is -4.82. The lowest BCUT2D eigenvalue weighted by atomic mass is 10.0.